The van der Waals surface area contributed by atoms with Gasteiger partial charge in [0.05, 0.1) is 32.3 Å². The van der Waals surface area contributed by atoms with Crippen molar-refractivity contribution in [3.8, 4) is 11.8 Å². The summed E-state index contributed by atoms with van der Waals surface area (Å²) in [7, 11) is 2.41. The lowest BCUT2D eigenvalue weighted by molar-refractivity contribution is -0.195. The van der Waals surface area contributed by atoms with E-state index in [4.69, 9.17) is 18.6 Å². The van der Waals surface area contributed by atoms with Crippen LogP contribution in [-0.2, 0) is 42.9 Å². The molecule has 0 bridgehead atoms. The maximum atomic E-state index is 13.9. The zero-order valence-electron chi connectivity index (χ0n) is 21.2. The summed E-state index contributed by atoms with van der Waals surface area (Å²) in [4.78, 5) is 63.9. The fraction of sp³-hybridized carbons (Fsp3) is 0.593. The van der Waals surface area contributed by atoms with E-state index in [1.54, 1.807) is 13.0 Å². The van der Waals surface area contributed by atoms with Crippen molar-refractivity contribution in [3.63, 3.8) is 0 Å². The number of methoxy groups -OCH3 is 2. The van der Waals surface area contributed by atoms with Crippen molar-refractivity contribution in [2.75, 3.05) is 14.2 Å². The number of fused-ring (bicyclic) bond motifs is 3. The molecule has 7 atom stereocenters. The molecule has 0 aromatic carbocycles. The third-order valence-electron chi connectivity index (χ3n) is 8.12. The van der Waals surface area contributed by atoms with Crippen molar-refractivity contribution < 1.29 is 47.3 Å². The quantitative estimate of drug-likeness (QED) is 0.250. The van der Waals surface area contributed by atoms with Gasteiger partial charge in [-0.05, 0) is 49.5 Å². The van der Waals surface area contributed by atoms with Crippen molar-refractivity contribution in [1.29, 1.82) is 0 Å². The smallest absolute Gasteiger partial charge is 0.317 e. The number of furan rings is 1. The highest BCUT2D eigenvalue weighted by Crippen LogP contribution is 2.59. The molecule has 0 N–H and O–H groups in total. The van der Waals surface area contributed by atoms with Crippen molar-refractivity contribution in [1.82, 2.24) is 0 Å². The first-order valence-electron chi connectivity index (χ1n) is 12.2. The zero-order chi connectivity index (χ0) is 26.9. The highest BCUT2D eigenvalue weighted by Gasteiger charge is 2.63. The first kappa shape index (κ1) is 26.5. The van der Waals surface area contributed by atoms with Gasteiger partial charge in [0.25, 0.3) is 0 Å². The number of ether oxygens (including phenoxy) is 4. The van der Waals surface area contributed by atoms with E-state index in [0.29, 0.717) is 30.6 Å². The number of hydrogen-bond acceptors (Lipinski definition) is 10. The lowest BCUT2D eigenvalue weighted by Crippen LogP contribution is -2.61. The number of ketones is 1. The summed E-state index contributed by atoms with van der Waals surface area (Å²) >= 11 is 0. The maximum Gasteiger partial charge on any atom is 0.317 e. The summed E-state index contributed by atoms with van der Waals surface area (Å²) in [5.41, 5.74) is -0.205. The van der Waals surface area contributed by atoms with Gasteiger partial charge in [0.2, 0.25) is 0 Å². The van der Waals surface area contributed by atoms with E-state index >= 15 is 0 Å². The first-order chi connectivity index (χ1) is 17.6. The second-order valence-corrected chi connectivity index (χ2v) is 9.98. The molecule has 2 heterocycles. The fourth-order valence-electron chi connectivity index (χ4n) is 6.38. The summed E-state index contributed by atoms with van der Waals surface area (Å²) in [6.07, 6.45) is -0.00809. The fourth-order valence-corrected chi connectivity index (χ4v) is 6.38. The molecular formula is C27H30O10. The minimum atomic E-state index is -1.26. The molecule has 1 saturated heterocycles. The van der Waals surface area contributed by atoms with Crippen molar-refractivity contribution in [2.45, 2.75) is 58.2 Å². The molecule has 7 unspecified atom stereocenters. The first-order valence-corrected chi connectivity index (χ1v) is 12.2. The average Bonchev–Trinajstić information content (AvgIpc) is 3.33. The third kappa shape index (κ3) is 4.75. The molecule has 1 aromatic heterocycles. The maximum absolute atomic E-state index is 13.9. The third-order valence-corrected chi connectivity index (χ3v) is 8.12. The molecule has 198 valence electrons. The molecule has 2 aliphatic carbocycles. The average molecular weight is 515 g/mol. The number of rotatable bonds is 5. The van der Waals surface area contributed by atoms with Gasteiger partial charge in [0, 0.05) is 17.9 Å². The van der Waals surface area contributed by atoms with Crippen LogP contribution in [-0.4, -0.2) is 50.0 Å². The molecule has 3 aliphatic rings. The lowest BCUT2D eigenvalue weighted by Gasteiger charge is -2.56. The summed E-state index contributed by atoms with van der Waals surface area (Å²) in [6, 6.07) is 1.69. The van der Waals surface area contributed by atoms with Crippen LogP contribution >= 0.6 is 0 Å². The monoisotopic (exact) mass is 514 g/mol. The van der Waals surface area contributed by atoms with Crippen LogP contribution in [0.15, 0.2) is 16.7 Å². The SMILES string of the molecule is CC#Cc1occc1C1CC2C(CCC3(C)C(C(=O)OC)CC(OC(=O)CC(=O)OC)C(=O)C23)C(=O)O1. The van der Waals surface area contributed by atoms with Crippen molar-refractivity contribution in [2.24, 2.45) is 29.1 Å². The molecule has 0 amide bonds. The number of carbonyl (C=O) groups is 5. The minimum absolute atomic E-state index is 0.0609. The molecule has 0 radical (unpaired) electrons. The van der Waals surface area contributed by atoms with E-state index < -0.39 is 71.6 Å². The topological polar surface area (TPSA) is 135 Å². The summed E-state index contributed by atoms with van der Waals surface area (Å²) in [5, 5.41) is 0. The van der Waals surface area contributed by atoms with E-state index in [1.807, 2.05) is 6.92 Å². The molecule has 1 aromatic rings. The molecular weight excluding hydrogens is 484 g/mol. The van der Waals surface area contributed by atoms with Gasteiger partial charge in [-0.2, -0.15) is 0 Å². The van der Waals surface area contributed by atoms with Crippen LogP contribution in [0.4, 0.5) is 0 Å². The number of carbonyl (C=O) groups excluding carboxylic acids is 5. The Balaban J connectivity index is 1.69. The van der Waals surface area contributed by atoms with Crippen molar-refractivity contribution >= 4 is 29.7 Å². The molecule has 10 nitrogen and oxygen atoms in total. The Morgan fingerprint density at radius 1 is 1.14 bits per heavy atom. The molecule has 3 fully saturated rings. The van der Waals surface area contributed by atoms with E-state index in [9.17, 15) is 24.0 Å². The highest BCUT2D eigenvalue weighted by molar-refractivity contribution is 5.95. The van der Waals surface area contributed by atoms with Gasteiger partial charge in [-0.15, -0.1) is 0 Å². The largest absolute Gasteiger partial charge is 0.469 e. The van der Waals surface area contributed by atoms with E-state index in [1.165, 1.54) is 13.4 Å². The minimum Gasteiger partial charge on any atom is -0.469 e. The number of esters is 4. The summed E-state index contributed by atoms with van der Waals surface area (Å²) in [5.74, 6) is 0.441. The number of cyclic esters (lactones) is 1. The second kappa shape index (κ2) is 10.4. The molecule has 37 heavy (non-hydrogen) atoms. The Bertz CT molecular complexity index is 1170. The van der Waals surface area contributed by atoms with Crippen LogP contribution < -0.4 is 0 Å². The Kier molecular flexibility index (Phi) is 7.44. The number of Topliss-reactive ketones (excluding diaryl/α,β-unsaturated/α-hetero) is 1. The number of hydrogen-bond donors (Lipinski definition) is 0. The van der Waals surface area contributed by atoms with E-state index in [0.717, 1.165) is 7.11 Å². The zero-order valence-corrected chi connectivity index (χ0v) is 21.2. The summed E-state index contributed by atoms with van der Waals surface area (Å²) in [6.45, 7) is 3.53. The molecule has 1 aliphatic heterocycles. The normalized spacial score (nSPS) is 32.5. The van der Waals surface area contributed by atoms with Crippen LogP contribution in [0.1, 0.15) is 63.4 Å². The Morgan fingerprint density at radius 3 is 2.57 bits per heavy atom. The van der Waals surface area contributed by atoms with E-state index in [-0.39, 0.29) is 12.2 Å². The Morgan fingerprint density at radius 2 is 1.89 bits per heavy atom. The van der Waals surface area contributed by atoms with Crippen LogP contribution in [0, 0.1) is 40.9 Å². The molecule has 0 spiro atoms. The predicted molar refractivity (Wildman–Crippen MR) is 124 cm³/mol. The van der Waals surface area contributed by atoms with Gasteiger partial charge < -0.3 is 23.4 Å². The van der Waals surface area contributed by atoms with Gasteiger partial charge in [-0.25, -0.2) is 0 Å². The van der Waals surface area contributed by atoms with Gasteiger partial charge >= 0.3 is 23.9 Å². The highest BCUT2D eigenvalue weighted by atomic mass is 16.6. The second-order valence-electron chi connectivity index (χ2n) is 9.98. The van der Waals surface area contributed by atoms with Crippen LogP contribution in [0.2, 0.25) is 0 Å². The van der Waals surface area contributed by atoms with Crippen LogP contribution in [0.3, 0.4) is 0 Å². The Hall–Kier alpha value is -3.61. The van der Waals surface area contributed by atoms with Gasteiger partial charge in [0.1, 0.15) is 12.5 Å². The molecule has 2 saturated carbocycles. The molecule has 10 heteroatoms. The van der Waals surface area contributed by atoms with Crippen LogP contribution in [0.5, 0.6) is 0 Å². The van der Waals surface area contributed by atoms with Crippen molar-refractivity contribution in [3.05, 3.63) is 23.7 Å². The Labute approximate surface area is 214 Å². The van der Waals surface area contributed by atoms with E-state index in [2.05, 4.69) is 16.6 Å². The van der Waals surface area contributed by atoms with Gasteiger partial charge in [-0.1, -0.05) is 12.8 Å². The summed E-state index contributed by atoms with van der Waals surface area (Å²) < 4.78 is 26.2. The standard InChI is InChI=1S/C27H30O10/c1-5-6-18-15(8-10-35-18)19-11-16-14(25(31)37-19)7-9-27(2)17(26(32)34-4)12-20(24(30)23(16)27)36-22(29)13-21(28)33-3/h8,10,14,16-17,19-20,23H,7,9,11-13H2,1-4H3. The lowest BCUT2D eigenvalue weighted by atomic mass is 9.48. The molecule has 4 rings (SSSR count). The van der Waals surface area contributed by atoms with Gasteiger partial charge in [-0.3, -0.25) is 24.0 Å². The predicted octanol–water partition coefficient (Wildman–Crippen LogP) is 2.52. The van der Waals surface area contributed by atoms with Crippen LogP contribution in [0.25, 0.3) is 0 Å². The van der Waals surface area contributed by atoms with Gasteiger partial charge in [0.15, 0.2) is 17.6 Å².